The van der Waals surface area contributed by atoms with Crippen LogP contribution in [0.5, 0.6) is 0 Å². The highest BCUT2D eigenvalue weighted by molar-refractivity contribution is 6.35. The van der Waals surface area contributed by atoms with Crippen LogP contribution in [0.1, 0.15) is 30.4 Å². The zero-order chi connectivity index (χ0) is 15.0. The second kappa shape index (κ2) is 5.35. The van der Waals surface area contributed by atoms with Crippen molar-refractivity contribution in [1.82, 2.24) is 9.80 Å². The molecule has 3 rings (SSSR count). The average Bonchev–Trinajstić information content (AvgIpc) is 2.73. The van der Waals surface area contributed by atoms with Gasteiger partial charge >= 0.3 is 0 Å². The second-order valence-corrected chi connectivity index (χ2v) is 5.81. The minimum Gasteiger partial charge on any atom is -0.366 e. The molecule has 2 heterocycles. The third kappa shape index (κ3) is 2.35. The van der Waals surface area contributed by atoms with Gasteiger partial charge in [-0.3, -0.25) is 14.5 Å². The number of piperidine rings is 1. The van der Waals surface area contributed by atoms with Crippen LogP contribution in [0.3, 0.4) is 0 Å². The van der Waals surface area contributed by atoms with Gasteiger partial charge < -0.3 is 4.90 Å². The Kier molecular flexibility index (Phi) is 3.53. The largest absolute Gasteiger partial charge is 0.366 e. The molecular formula is C17H20N2O2. The molecule has 4 nitrogen and oxygen atoms in total. The van der Waals surface area contributed by atoms with Gasteiger partial charge in [0.25, 0.3) is 11.8 Å². The number of carbonyl (C=O) groups is 2. The fourth-order valence-corrected chi connectivity index (χ4v) is 3.02. The summed E-state index contributed by atoms with van der Waals surface area (Å²) in [5.41, 5.74) is 3.13. The highest BCUT2D eigenvalue weighted by Crippen LogP contribution is 2.32. The van der Waals surface area contributed by atoms with E-state index in [2.05, 4.69) is 4.90 Å². The summed E-state index contributed by atoms with van der Waals surface area (Å²) in [4.78, 5) is 28.3. The number of hydrogen-bond acceptors (Lipinski definition) is 3. The molecule has 2 amide bonds. The number of likely N-dealkylation sites (N-methyl/N-ethyl adjacent to an activating group) is 1. The number of benzene rings is 1. The minimum absolute atomic E-state index is 0.169. The molecule has 0 radical (unpaired) electrons. The summed E-state index contributed by atoms with van der Waals surface area (Å²) in [6, 6.07) is 7.82. The zero-order valence-electron chi connectivity index (χ0n) is 12.6. The van der Waals surface area contributed by atoms with Gasteiger partial charge in [0.15, 0.2) is 0 Å². The smallest absolute Gasteiger partial charge is 0.277 e. The number of nitrogens with zero attached hydrogens (tertiary/aromatic N) is 2. The van der Waals surface area contributed by atoms with E-state index in [9.17, 15) is 9.59 Å². The van der Waals surface area contributed by atoms with Crippen LogP contribution in [0.2, 0.25) is 0 Å². The third-order valence-corrected chi connectivity index (χ3v) is 4.28. The lowest BCUT2D eigenvalue weighted by atomic mass is 10.0. The Hall–Kier alpha value is -2.10. The van der Waals surface area contributed by atoms with Crippen molar-refractivity contribution < 1.29 is 9.59 Å². The first-order chi connectivity index (χ1) is 10.1. The molecule has 0 unspecified atom stereocenters. The molecule has 1 aromatic rings. The maximum Gasteiger partial charge on any atom is 0.277 e. The second-order valence-electron chi connectivity index (χ2n) is 5.81. The van der Waals surface area contributed by atoms with Gasteiger partial charge in [0.2, 0.25) is 0 Å². The molecule has 4 heteroatoms. The van der Waals surface area contributed by atoms with Crippen molar-refractivity contribution in [2.24, 2.45) is 0 Å². The van der Waals surface area contributed by atoms with Gasteiger partial charge in [0.05, 0.1) is 5.57 Å². The van der Waals surface area contributed by atoms with Crippen LogP contribution in [-0.4, -0.2) is 41.8 Å². The first-order valence-corrected chi connectivity index (χ1v) is 7.48. The monoisotopic (exact) mass is 284 g/mol. The molecule has 1 saturated heterocycles. The Bertz CT molecular complexity index is 610. The van der Waals surface area contributed by atoms with E-state index in [1.807, 2.05) is 31.2 Å². The summed E-state index contributed by atoms with van der Waals surface area (Å²) in [6.07, 6.45) is 3.35. The van der Waals surface area contributed by atoms with Crippen LogP contribution in [0, 0.1) is 6.92 Å². The summed E-state index contributed by atoms with van der Waals surface area (Å²) in [5, 5.41) is 0. The lowest BCUT2D eigenvalue weighted by Crippen LogP contribution is -2.35. The van der Waals surface area contributed by atoms with Gasteiger partial charge in [0, 0.05) is 20.1 Å². The van der Waals surface area contributed by atoms with E-state index < -0.39 is 0 Å². The number of likely N-dealkylation sites (tertiary alicyclic amines) is 1. The molecular weight excluding hydrogens is 264 g/mol. The standard InChI is InChI=1S/C17H20N2O2/c1-12-6-8-13(9-7-12)14-15(17(21)18(2)16(14)20)19-10-4-3-5-11-19/h6-9H,3-5,10-11H2,1-2H3. The minimum atomic E-state index is -0.190. The molecule has 0 atom stereocenters. The molecule has 0 N–H and O–H groups in total. The van der Waals surface area contributed by atoms with E-state index >= 15 is 0 Å². The Morgan fingerprint density at radius 2 is 1.52 bits per heavy atom. The molecule has 0 bridgehead atoms. The number of amides is 2. The normalized spacial score (nSPS) is 19.7. The quantitative estimate of drug-likeness (QED) is 0.782. The lowest BCUT2D eigenvalue weighted by Gasteiger charge is -2.29. The van der Waals surface area contributed by atoms with Crippen LogP contribution < -0.4 is 0 Å². The highest BCUT2D eigenvalue weighted by atomic mass is 16.2. The molecule has 0 saturated carbocycles. The van der Waals surface area contributed by atoms with E-state index in [1.54, 1.807) is 7.05 Å². The maximum absolute atomic E-state index is 12.5. The van der Waals surface area contributed by atoms with E-state index in [-0.39, 0.29) is 11.8 Å². The number of aryl methyl sites for hydroxylation is 1. The Labute approximate surface area is 125 Å². The van der Waals surface area contributed by atoms with Gasteiger partial charge in [-0.25, -0.2) is 0 Å². The van der Waals surface area contributed by atoms with Crippen LogP contribution in [0.4, 0.5) is 0 Å². The van der Waals surface area contributed by atoms with Gasteiger partial charge in [-0.15, -0.1) is 0 Å². The highest BCUT2D eigenvalue weighted by Gasteiger charge is 2.39. The van der Waals surface area contributed by atoms with Crippen LogP contribution in [0.15, 0.2) is 30.0 Å². The predicted molar refractivity (Wildman–Crippen MR) is 81.3 cm³/mol. The van der Waals surface area contributed by atoms with Crippen molar-refractivity contribution in [1.29, 1.82) is 0 Å². The molecule has 0 spiro atoms. The van der Waals surface area contributed by atoms with Crippen LogP contribution >= 0.6 is 0 Å². The van der Waals surface area contributed by atoms with Crippen molar-refractivity contribution in [3.63, 3.8) is 0 Å². The molecule has 21 heavy (non-hydrogen) atoms. The molecule has 0 aromatic heterocycles. The Balaban J connectivity index is 2.09. The Morgan fingerprint density at radius 1 is 0.905 bits per heavy atom. The van der Waals surface area contributed by atoms with E-state index in [0.29, 0.717) is 11.3 Å². The zero-order valence-corrected chi connectivity index (χ0v) is 12.6. The molecule has 110 valence electrons. The maximum atomic E-state index is 12.5. The van der Waals surface area contributed by atoms with Gasteiger partial charge in [-0.05, 0) is 31.7 Å². The Morgan fingerprint density at radius 3 is 2.14 bits per heavy atom. The fraction of sp³-hybridized carbons (Fsp3) is 0.412. The topological polar surface area (TPSA) is 40.6 Å². The summed E-state index contributed by atoms with van der Waals surface area (Å²) in [6.45, 7) is 3.73. The fourth-order valence-electron chi connectivity index (χ4n) is 3.02. The van der Waals surface area contributed by atoms with Crippen LogP contribution in [0.25, 0.3) is 5.57 Å². The summed E-state index contributed by atoms with van der Waals surface area (Å²) >= 11 is 0. The van der Waals surface area contributed by atoms with Crippen LogP contribution in [-0.2, 0) is 9.59 Å². The molecule has 2 aliphatic heterocycles. The number of carbonyl (C=O) groups excluding carboxylic acids is 2. The van der Waals surface area contributed by atoms with Crippen molar-refractivity contribution in [2.45, 2.75) is 26.2 Å². The molecule has 2 aliphatic rings. The number of rotatable bonds is 2. The van der Waals surface area contributed by atoms with Gasteiger partial charge in [-0.2, -0.15) is 0 Å². The van der Waals surface area contributed by atoms with E-state index in [1.165, 1.54) is 11.3 Å². The predicted octanol–water partition coefficient (Wildman–Crippen LogP) is 2.19. The lowest BCUT2D eigenvalue weighted by molar-refractivity contribution is -0.136. The molecule has 1 fully saturated rings. The van der Waals surface area contributed by atoms with Crippen molar-refractivity contribution in [3.8, 4) is 0 Å². The molecule has 0 aliphatic carbocycles. The van der Waals surface area contributed by atoms with Crippen molar-refractivity contribution >= 4 is 17.4 Å². The average molecular weight is 284 g/mol. The van der Waals surface area contributed by atoms with E-state index in [4.69, 9.17) is 0 Å². The summed E-state index contributed by atoms with van der Waals surface area (Å²) in [5.74, 6) is -0.359. The van der Waals surface area contributed by atoms with E-state index in [0.717, 1.165) is 37.1 Å². The number of hydrogen-bond donors (Lipinski definition) is 0. The van der Waals surface area contributed by atoms with Gasteiger partial charge in [-0.1, -0.05) is 29.8 Å². The summed E-state index contributed by atoms with van der Waals surface area (Å²) < 4.78 is 0. The third-order valence-electron chi connectivity index (χ3n) is 4.28. The first-order valence-electron chi connectivity index (χ1n) is 7.48. The van der Waals surface area contributed by atoms with Gasteiger partial charge in [0.1, 0.15) is 5.70 Å². The number of imide groups is 1. The summed E-state index contributed by atoms with van der Waals surface area (Å²) in [7, 11) is 1.57. The van der Waals surface area contributed by atoms with Crippen molar-refractivity contribution in [2.75, 3.05) is 20.1 Å². The first kappa shape index (κ1) is 13.9. The molecule has 1 aromatic carbocycles. The van der Waals surface area contributed by atoms with Crippen molar-refractivity contribution in [3.05, 3.63) is 41.1 Å². The SMILES string of the molecule is Cc1ccc(C2=C(N3CCCCC3)C(=O)N(C)C2=O)cc1.